The molecule has 4 heteroatoms. The normalized spacial score (nSPS) is 11.4. The second-order valence-electron chi connectivity index (χ2n) is 6.12. The van der Waals surface area contributed by atoms with Crippen LogP contribution in [0.5, 0.6) is 0 Å². The molecule has 0 radical (unpaired) electrons. The first-order valence-electron chi connectivity index (χ1n) is 8.33. The number of nitrogens with zero attached hydrogens (tertiary/aromatic N) is 3. The smallest absolute Gasteiger partial charge is 0.110 e. The van der Waals surface area contributed by atoms with Gasteiger partial charge in [-0.1, -0.05) is 37.3 Å². The maximum atomic E-state index is 5.95. The van der Waals surface area contributed by atoms with E-state index in [1.165, 1.54) is 5.56 Å². The zero-order valence-corrected chi connectivity index (χ0v) is 13.7. The van der Waals surface area contributed by atoms with Crippen molar-refractivity contribution in [1.29, 1.82) is 0 Å². The zero-order valence-electron chi connectivity index (χ0n) is 13.7. The molecule has 0 aliphatic carbocycles. The van der Waals surface area contributed by atoms with E-state index in [2.05, 4.69) is 34.7 Å². The second-order valence-corrected chi connectivity index (χ2v) is 6.12. The number of nitrogen functional groups attached to an aromatic ring is 1. The van der Waals surface area contributed by atoms with E-state index in [0.29, 0.717) is 0 Å². The largest absolute Gasteiger partial charge is 0.399 e. The van der Waals surface area contributed by atoms with Gasteiger partial charge in [-0.15, -0.1) is 0 Å². The summed E-state index contributed by atoms with van der Waals surface area (Å²) in [6.45, 7) is 2.95. The molecule has 2 aromatic heterocycles. The maximum Gasteiger partial charge on any atom is 0.110 e. The molecule has 0 fully saturated rings. The van der Waals surface area contributed by atoms with Crippen molar-refractivity contribution in [2.75, 3.05) is 5.73 Å². The SMILES string of the molecule is CCCc1nc2cnc3ccccc3c2n1Cc1cccc(N)c1. The fourth-order valence-corrected chi connectivity index (χ4v) is 3.27. The number of pyridine rings is 1. The molecule has 120 valence electrons. The van der Waals surface area contributed by atoms with Crippen LogP contribution in [0.3, 0.4) is 0 Å². The summed E-state index contributed by atoms with van der Waals surface area (Å²) >= 11 is 0. The summed E-state index contributed by atoms with van der Waals surface area (Å²) in [6, 6.07) is 16.3. The van der Waals surface area contributed by atoms with Gasteiger partial charge in [0.15, 0.2) is 0 Å². The molecule has 0 saturated heterocycles. The number of aromatic nitrogens is 3. The number of benzene rings is 2. The molecule has 2 N–H and O–H groups in total. The number of rotatable bonds is 4. The first-order chi connectivity index (χ1) is 11.8. The summed E-state index contributed by atoms with van der Waals surface area (Å²) in [4.78, 5) is 9.39. The molecule has 4 rings (SSSR count). The minimum Gasteiger partial charge on any atom is -0.399 e. The minimum absolute atomic E-state index is 0.769. The lowest BCUT2D eigenvalue weighted by Gasteiger charge is -2.11. The third kappa shape index (κ3) is 2.50. The molecule has 0 spiro atoms. The second kappa shape index (κ2) is 5.96. The molecule has 0 atom stereocenters. The summed E-state index contributed by atoms with van der Waals surface area (Å²) in [5, 5.41) is 1.15. The molecule has 0 bridgehead atoms. The van der Waals surface area contributed by atoms with Gasteiger partial charge in [-0.25, -0.2) is 4.98 Å². The maximum absolute atomic E-state index is 5.95. The minimum atomic E-state index is 0.769. The lowest BCUT2D eigenvalue weighted by atomic mass is 10.1. The Morgan fingerprint density at radius 2 is 1.92 bits per heavy atom. The van der Waals surface area contributed by atoms with Crippen molar-refractivity contribution in [3.05, 3.63) is 66.1 Å². The van der Waals surface area contributed by atoms with Gasteiger partial charge in [-0.3, -0.25) is 4.98 Å². The van der Waals surface area contributed by atoms with E-state index in [1.807, 2.05) is 36.5 Å². The number of fused-ring (bicyclic) bond motifs is 3. The van der Waals surface area contributed by atoms with Crippen molar-refractivity contribution in [1.82, 2.24) is 14.5 Å². The van der Waals surface area contributed by atoms with Crippen LogP contribution < -0.4 is 5.73 Å². The topological polar surface area (TPSA) is 56.7 Å². The van der Waals surface area contributed by atoms with Crippen LogP contribution in [0.2, 0.25) is 0 Å². The summed E-state index contributed by atoms with van der Waals surface area (Å²) < 4.78 is 2.32. The molecular formula is C20H20N4. The van der Waals surface area contributed by atoms with E-state index in [-0.39, 0.29) is 0 Å². The average molecular weight is 316 g/mol. The number of anilines is 1. The van der Waals surface area contributed by atoms with Crippen molar-refractivity contribution in [3.63, 3.8) is 0 Å². The predicted octanol–water partition coefficient (Wildman–Crippen LogP) is 4.17. The van der Waals surface area contributed by atoms with E-state index >= 15 is 0 Å². The van der Waals surface area contributed by atoms with Crippen LogP contribution in [-0.2, 0) is 13.0 Å². The van der Waals surface area contributed by atoms with Gasteiger partial charge in [0.25, 0.3) is 0 Å². The first kappa shape index (κ1) is 14.7. The van der Waals surface area contributed by atoms with Gasteiger partial charge in [-0.2, -0.15) is 0 Å². The highest BCUT2D eigenvalue weighted by Crippen LogP contribution is 2.26. The Balaban J connectivity index is 1.96. The standard InChI is InChI=1S/C20H20N4/c1-2-6-19-23-18-12-22-17-10-4-3-9-16(17)20(18)24(19)13-14-7-5-8-15(21)11-14/h3-5,7-12H,2,6,13,21H2,1H3. The highest BCUT2D eigenvalue weighted by atomic mass is 15.1. The highest BCUT2D eigenvalue weighted by molar-refractivity contribution is 6.02. The third-order valence-electron chi connectivity index (χ3n) is 4.32. The summed E-state index contributed by atoms with van der Waals surface area (Å²) in [6.07, 6.45) is 3.89. The number of para-hydroxylation sites is 1. The summed E-state index contributed by atoms with van der Waals surface area (Å²) in [7, 11) is 0. The van der Waals surface area contributed by atoms with Gasteiger partial charge in [0, 0.05) is 24.0 Å². The fraction of sp³-hybridized carbons (Fsp3) is 0.200. The van der Waals surface area contributed by atoms with E-state index in [0.717, 1.165) is 52.8 Å². The number of hydrogen-bond donors (Lipinski definition) is 1. The van der Waals surface area contributed by atoms with Gasteiger partial charge in [-0.05, 0) is 30.2 Å². The molecule has 24 heavy (non-hydrogen) atoms. The van der Waals surface area contributed by atoms with Crippen LogP contribution in [0, 0.1) is 0 Å². The number of nitrogens with two attached hydrogens (primary N) is 1. The van der Waals surface area contributed by atoms with Crippen molar-refractivity contribution in [3.8, 4) is 0 Å². The third-order valence-corrected chi connectivity index (χ3v) is 4.32. The molecule has 0 saturated carbocycles. The lowest BCUT2D eigenvalue weighted by Crippen LogP contribution is -2.06. The molecule has 4 aromatic rings. The van der Waals surface area contributed by atoms with Gasteiger partial charge in [0.1, 0.15) is 11.3 Å². The van der Waals surface area contributed by atoms with Crippen molar-refractivity contribution < 1.29 is 0 Å². The molecular weight excluding hydrogens is 296 g/mol. The molecule has 0 amide bonds. The predicted molar refractivity (Wildman–Crippen MR) is 99.0 cm³/mol. The Labute approximate surface area is 141 Å². The Morgan fingerprint density at radius 1 is 1.04 bits per heavy atom. The summed E-state index contributed by atoms with van der Waals surface area (Å²) in [5.41, 5.74) is 11.1. The van der Waals surface area contributed by atoms with Crippen LogP contribution in [0.15, 0.2) is 54.7 Å². The van der Waals surface area contributed by atoms with E-state index < -0.39 is 0 Å². The summed E-state index contributed by atoms with van der Waals surface area (Å²) in [5.74, 6) is 1.10. The molecule has 2 heterocycles. The van der Waals surface area contributed by atoms with Crippen LogP contribution in [0.1, 0.15) is 24.7 Å². The van der Waals surface area contributed by atoms with Crippen LogP contribution >= 0.6 is 0 Å². The van der Waals surface area contributed by atoms with Crippen LogP contribution in [0.4, 0.5) is 5.69 Å². The molecule has 0 unspecified atom stereocenters. The number of imidazole rings is 1. The first-order valence-corrected chi connectivity index (χ1v) is 8.33. The van der Waals surface area contributed by atoms with Crippen molar-refractivity contribution >= 4 is 27.6 Å². The Kier molecular flexibility index (Phi) is 3.65. The van der Waals surface area contributed by atoms with Gasteiger partial charge in [0.05, 0.1) is 17.2 Å². The number of hydrogen-bond acceptors (Lipinski definition) is 3. The van der Waals surface area contributed by atoms with E-state index in [4.69, 9.17) is 10.7 Å². The van der Waals surface area contributed by atoms with E-state index in [1.54, 1.807) is 0 Å². The van der Waals surface area contributed by atoms with Crippen molar-refractivity contribution in [2.24, 2.45) is 0 Å². The van der Waals surface area contributed by atoms with Crippen molar-refractivity contribution in [2.45, 2.75) is 26.3 Å². The number of aryl methyl sites for hydroxylation is 1. The zero-order chi connectivity index (χ0) is 16.5. The van der Waals surface area contributed by atoms with Gasteiger partial charge in [0.2, 0.25) is 0 Å². The Bertz CT molecular complexity index is 1020. The monoisotopic (exact) mass is 316 g/mol. The lowest BCUT2D eigenvalue weighted by molar-refractivity contribution is 0.723. The highest BCUT2D eigenvalue weighted by Gasteiger charge is 2.14. The van der Waals surface area contributed by atoms with E-state index in [9.17, 15) is 0 Å². The Hall–Kier alpha value is -2.88. The van der Waals surface area contributed by atoms with Gasteiger partial charge < -0.3 is 10.3 Å². The molecule has 2 aromatic carbocycles. The molecule has 0 aliphatic heterocycles. The quantitative estimate of drug-likeness (QED) is 0.575. The van der Waals surface area contributed by atoms with Crippen LogP contribution in [-0.4, -0.2) is 14.5 Å². The van der Waals surface area contributed by atoms with Crippen LogP contribution in [0.25, 0.3) is 21.9 Å². The van der Waals surface area contributed by atoms with Gasteiger partial charge >= 0.3 is 0 Å². The average Bonchev–Trinajstić information content (AvgIpc) is 2.93. The Morgan fingerprint density at radius 3 is 2.75 bits per heavy atom. The fourth-order valence-electron chi connectivity index (χ4n) is 3.27. The molecule has 4 nitrogen and oxygen atoms in total. The molecule has 0 aliphatic rings.